The highest BCUT2D eigenvalue weighted by Gasteiger charge is 2.19. The Bertz CT molecular complexity index is 809. The number of ether oxygens (including phenoxy) is 3. The normalized spacial score (nSPS) is 12.7. The quantitative estimate of drug-likeness (QED) is 0.0355. The highest BCUT2D eigenvalue weighted by molar-refractivity contribution is 5.71. The Balaban J connectivity index is 4.35. The fourth-order valence-electron chi connectivity index (χ4n) is 6.67. The first-order valence-corrected chi connectivity index (χ1v) is 22.6. The molecule has 0 spiro atoms. The van der Waals surface area contributed by atoms with E-state index in [-0.39, 0.29) is 31.1 Å². The van der Waals surface area contributed by atoms with Gasteiger partial charge in [-0.2, -0.15) is 0 Å². The number of esters is 3. The fraction of sp³-hybridized carbons (Fsp3) is 0.935. The molecule has 0 fully saturated rings. The van der Waals surface area contributed by atoms with Crippen molar-refractivity contribution in [2.75, 3.05) is 13.2 Å². The molecule has 0 N–H and O–H groups in total. The van der Waals surface area contributed by atoms with Crippen molar-refractivity contribution in [3.63, 3.8) is 0 Å². The van der Waals surface area contributed by atoms with Crippen LogP contribution in [0.5, 0.6) is 0 Å². The monoisotopic (exact) mass is 737 g/mol. The van der Waals surface area contributed by atoms with Gasteiger partial charge in [0.05, 0.1) is 0 Å². The molecule has 0 aromatic rings. The van der Waals surface area contributed by atoms with Gasteiger partial charge < -0.3 is 14.2 Å². The Labute approximate surface area is 323 Å². The summed E-state index contributed by atoms with van der Waals surface area (Å²) in [6, 6.07) is 0. The van der Waals surface area contributed by atoms with E-state index in [1.807, 2.05) is 0 Å². The van der Waals surface area contributed by atoms with Crippen LogP contribution in [-0.2, 0) is 28.6 Å². The van der Waals surface area contributed by atoms with E-state index < -0.39 is 6.10 Å². The minimum Gasteiger partial charge on any atom is -0.462 e. The van der Waals surface area contributed by atoms with E-state index in [2.05, 4.69) is 41.5 Å². The van der Waals surface area contributed by atoms with Gasteiger partial charge in [0.2, 0.25) is 0 Å². The van der Waals surface area contributed by atoms with Gasteiger partial charge in [-0.05, 0) is 37.0 Å². The van der Waals surface area contributed by atoms with Crippen LogP contribution < -0.4 is 0 Å². The summed E-state index contributed by atoms with van der Waals surface area (Å²) in [4.78, 5) is 37.7. The fourth-order valence-corrected chi connectivity index (χ4v) is 6.67. The van der Waals surface area contributed by atoms with Crippen LogP contribution in [0.25, 0.3) is 0 Å². The second-order valence-corrected chi connectivity index (χ2v) is 16.9. The zero-order chi connectivity index (χ0) is 38.5. The maximum absolute atomic E-state index is 12.7. The summed E-state index contributed by atoms with van der Waals surface area (Å²) in [5.41, 5.74) is 0. The zero-order valence-corrected chi connectivity index (χ0v) is 35.6. The molecule has 0 saturated heterocycles. The van der Waals surface area contributed by atoms with Crippen LogP contribution in [0.4, 0.5) is 0 Å². The van der Waals surface area contributed by atoms with Gasteiger partial charge in [0.25, 0.3) is 0 Å². The number of hydrogen-bond acceptors (Lipinski definition) is 6. The largest absolute Gasteiger partial charge is 0.462 e. The summed E-state index contributed by atoms with van der Waals surface area (Å²) in [7, 11) is 0. The van der Waals surface area contributed by atoms with Gasteiger partial charge >= 0.3 is 17.9 Å². The van der Waals surface area contributed by atoms with Gasteiger partial charge in [0.1, 0.15) is 13.2 Å². The van der Waals surface area contributed by atoms with E-state index in [4.69, 9.17) is 14.2 Å². The van der Waals surface area contributed by atoms with Gasteiger partial charge in [-0.3, -0.25) is 14.4 Å². The molecule has 1 unspecified atom stereocenters. The molecule has 0 radical (unpaired) electrons. The minimum atomic E-state index is -0.762. The average molecular weight is 737 g/mol. The van der Waals surface area contributed by atoms with Crippen LogP contribution in [0, 0.1) is 17.8 Å². The predicted octanol–water partition coefficient (Wildman–Crippen LogP) is 14.0. The third kappa shape index (κ3) is 38.1. The molecule has 0 bridgehead atoms. The molecule has 0 amide bonds. The molecule has 0 aromatic carbocycles. The van der Waals surface area contributed by atoms with Crippen LogP contribution in [-0.4, -0.2) is 37.2 Å². The van der Waals surface area contributed by atoms with Crippen molar-refractivity contribution in [2.45, 2.75) is 247 Å². The number of carbonyl (C=O) groups excluding carboxylic acids is 3. The van der Waals surface area contributed by atoms with Crippen molar-refractivity contribution >= 4 is 17.9 Å². The first-order valence-electron chi connectivity index (χ1n) is 22.6. The van der Waals surface area contributed by atoms with E-state index in [1.54, 1.807) is 0 Å². The lowest BCUT2D eigenvalue weighted by Gasteiger charge is -2.18. The van der Waals surface area contributed by atoms with E-state index in [9.17, 15) is 14.4 Å². The van der Waals surface area contributed by atoms with Crippen molar-refractivity contribution in [3.8, 4) is 0 Å². The van der Waals surface area contributed by atoms with Crippen LogP contribution in [0.3, 0.4) is 0 Å². The van der Waals surface area contributed by atoms with Crippen molar-refractivity contribution < 1.29 is 28.6 Å². The Morgan fingerprint density at radius 1 is 0.385 bits per heavy atom. The van der Waals surface area contributed by atoms with Gasteiger partial charge in [0.15, 0.2) is 6.10 Å². The standard InChI is InChI=1S/C46H88O6/c1-7-42(6)34-28-22-18-19-24-30-36-45(48)51-39-43(52-46(49)37-31-25-17-13-12-15-21-27-33-41(4)5)38-50-44(47)35-29-23-16-11-9-8-10-14-20-26-32-40(2)3/h40-43H,7-39H2,1-6H3/t42?,43-/m0/s1. The Hall–Kier alpha value is -1.59. The summed E-state index contributed by atoms with van der Waals surface area (Å²) in [6.45, 7) is 13.6. The Morgan fingerprint density at radius 3 is 1.00 bits per heavy atom. The van der Waals surface area contributed by atoms with Crippen molar-refractivity contribution in [2.24, 2.45) is 17.8 Å². The second kappa shape index (κ2) is 37.7. The highest BCUT2D eigenvalue weighted by atomic mass is 16.6. The number of rotatable bonds is 39. The Kier molecular flexibility index (Phi) is 36.6. The van der Waals surface area contributed by atoms with Crippen LogP contribution in [0.1, 0.15) is 241 Å². The molecular formula is C46H88O6. The molecule has 0 aliphatic carbocycles. The number of hydrogen-bond donors (Lipinski definition) is 0. The molecular weight excluding hydrogens is 648 g/mol. The summed E-state index contributed by atoms with van der Waals surface area (Å²) in [5, 5.41) is 0. The van der Waals surface area contributed by atoms with E-state index in [0.717, 1.165) is 75.5 Å². The van der Waals surface area contributed by atoms with Gasteiger partial charge in [-0.15, -0.1) is 0 Å². The number of unbranched alkanes of at least 4 members (excludes halogenated alkanes) is 21. The van der Waals surface area contributed by atoms with Crippen molar-refractivity contribution in [1.82, 2.24) is 0 Å². The van der Waals surface area contributed by atoms with Crippen LogP contribution in [0.15, 0.2) is 0 Å². The molecule has 0 heterocycles. The van der Waals surface area contributed by atoms with Crippen LogP contribution in [0.2, 0.25) is 0 Å². The topological polar surface area (TPSA) is 78.9 Å². The molecule has 6 heteroatoms. The third-order valence-corrected chi connectivity index (χ3v) is 10.5. The van der Waals surface area contributed by atoms with Crippen molar-refractivity contribution in [3.05, 3.63) is 0 Å². The van der Waals surface area contributed by atoms with E-state index in [0.29, 0.717) is 19.3 Å². The third-order valence-electron chi connectivity index (χ3n) is 10.5. The summed E-state index contributed by atoms with van der Waals surface area (Å²) < 4.78 is 16.7. The first-order chi connectivity index (χ1) is 25.1. The minimum absolute atomic E-state index is 0.0670. The molecule has 0 aromatic heterocycles. The Morgan fingerprint density at radius 2 is 0.673 bits per heavy atom. The molecule has 0 saturated carbocycles. The lowest BCUT2D eigenvalue weighted by atomic mass is 10.00. The zero-order valence-electron chi connectivity index (χ0n) is 35.6. The highest BCUT2D eigenvalue weighted by Crippen LogP contribution is 2.17. The molecule has 0 aliphatic rings. The molecule has 308 valence electrons. The summed E-state index contributed by atoms with van der Waals surface area (Å²) in [5.74, 6) is 1.56. The van der Waals surface area contributed by atoms with E-state index >= 15 is 0 Å². The number of carbonyl (C=O) groups is 3. The molecule has 0 aliphatic heterocycles. The molecule has 2 atom stereocenters. The second-order valence-electron chi connectivity index (χ2n) is 16.9. The van der Waals surface area contributed by atoms with E-state index in [1.165, 1.54) is 122 Å². The predicted molar refractivity (Wildman–Crippen MR) is 219 cm³/mol. The van der Waals surface area contributed by atoms with Crippen LogP contribution >= 0.6 is 0 Å². The van der Waals surface area contributed by atoms with Gasteiger partial charge in [-0.1, -0.05) is 202 Å². The smallest absolute Gasteiger partial charge is 0.306 e. The molecule has 52 heavy (non-hydrogen) atoms. The molecule has 6 nitrogen and oxygen atoms in total. The first kappa shape index (κ1) is 50.4. The SMILES string of the molecule is CCC(C)CCCCCCCCC(=O)OC[C@H](COC(=O)CCCCCCCCCCCCC(C)C)OC(=O)CCCCCCCCCCC(C)C. The van der Waals surface area contributed by atoms with Crippen molar-refractivity contribution in [1.29, 1.82) is 0 Å². The lowest BCUT2D eigenvalue weighted by Crippen LogP contribution is -2.30. The molecule has 0 rings (SSSR count). The van der Waals surface area contributed by atoms with Gasteiger partial charge in [0, 0.05) is 19.3 Å². The maximum atomic E-state index is 12.7. The maximum Gasteiger partial charge on any atom is 0.306 e. The van der Waals surface area contributed by atoms with Gasteiger partial charge in [-0.25, -0.2) is 0 Å². The lowest BCUT2D eigenvalue weighted by molar-refractivity contribution is -0.167. The summed E-state index contributed by atoms with van der Waals surface area (Å²) in [6.07, 6.45) is 33.8. The average Bonchev–Trinajstić information content (AvgIpc) is 3.11. The summed E-state index contributed by atoms with van der Waals surface area (Å²) >= 11 is 0.